The summed E-state index contributed by atoms with van der Waals surface area (Å²) in [7, 11) is 0. The number of rotatable bonds is 2. The van der Waals surface area contributed by atoms with E-state index in [2.05, 4.69) is 11.8 Å². The normalized spacial score (nSPS) is 38.5. The van der Waals surface area contributed by atoms with Gasteiger partial charge in [-0.05, 0) is 32.6 Å². The molecule has 2 aliphatic rings. The zero-order valence-corrected chi connectivity index (χ0v) is 8.00. The van der Waals surface area contributed by atoms with Crippen LogP contribution in [0.25, 0.3) is 0 Å². The average Bonchev–Trinajstić information content (AvgIpc) is 2.35. The first kappa shape index (κ1) is 8.52. The van der Waals surface area contributed by atoms with Crippen LogP contribution in [0.1, 0.15) is 39.0 Å². The Balaban J connectivity index is 2.05. The summed E-state index contributed by atoms with van der Waals surface area (Å²) >= 11 is 0. The van der Waals surface area contributed by atoms with Crippen LogP contribution >= 0.6 is 0 Å². The third-order valence-corrected chi connectivity index (χ3v) is 3.60. The minimum atomic E-state index is 0.614. The molecule has 2 fully saturated rings. The maximum Gasteiger partial charge on any atom is 0.0195 e. The summed E-state index contributed by atoms with van der Waals surface area (Å²) in [5.41, 5.74) is 5.71. The molecule has 0 aromatic carbocycles. The van der Waals surface area contributed by atoms with Crippen molar-refractivity contribution in [2.45, 2.75) is 57.2 Å². The first-order chi connectivity index (χ1) is 5.83. The molecule has 12 heavy (non-hydrogen) atoms. The summed E-state index contributed by atoms with van der Waals surface area (Å²) in [4.78, 5) is 2.68. The minimum Gasteiger partial charge on any atom is -0.329 e. The third-order valence-electron chi connectivity index (χ3n) is 3.60. The van der Waals surface area contributed by atoms with E-state index in [4.69, 9.17) is 5.73 Å². The molecule has 2 rings (SSSR count). The van der Waals surface area contributed by atoms with E-state index in [1.165, 1.54) is 32.1 Å². The summed E-state index contributed by atoms with van der Waals surface area (Å²) in [6.07, 6.45) is 7.13. The van der Waals surface area contributed by atoms with E-state index in [0.717, 1.165) is 18.6 Å². The molecule has 0 aliphatic carbocycles. The maximum atomic E-state index is 5.71. The Labute approximate surface area is 75.1 Å². The van der Waals surface area contributed by atoms with Gasteiger partial charge in [0.15, 0.2) is 0 Å². The molecular weight excluding hydrogens is 148 g/mol. The van der Waals surface area contributed by atoms with Crippen LogP contribution in [0.15, 0.2) is 0 Å². The number of hydrogen-bond acceptors (Lipinski definition) is 2. The zero-order valence-electron chi connectivity index (χ0n) is 8.00. The summed E-state index contributed by atoms with van der Waals surface area (Å²) in [6.45, 7) is 3.10. The third kappa shape index (κ3) is 1.27. The average molecular weight is 168 g/mol. The van der Waals surface area contributed by atoms with Gasteiger partial charge < -0.3 is 5.73 Å². The van der Waals surface area contributed by atoms with Gasteiger partial charge in [-0.1, -0.05) is 6.42 Å². The second kappa shape index (κ2) is 3.35. The quantitative estimate of drug-likeness (QED) is 0.674. The van der Waals surface area contributed by atoms with Gasteiger partial charge in [-0.25, -0.2) is 0 Å². The lowest BCUT2D eigenvalue weighted by Gasteiger charge is -2.38. The Kier molecular flexibility index (Phi) is 2.37. The van der Waals surface area contributed by atoms with E-state index in [1.807, 2.05) is 0 Å². The molecule has 0 radical (unpaired) electrons. The lowest BCUT2D eigenvalue weighted by Crippen LogP contribution is -2.48. The first-order valence-corrected chi connectivity index (χ1v) is 5.30. The van der Waals surface area contributed by atoms with E-state index in [9.17, 15) is 0 Å². The summed E-state index contributed by atoms with van der Waals surface area (Å²) in [5.74, 6) is 0. The van der Waals surface area contributed by atoms with Crippen molar-refractivity contribution in [1.82, 2.24) is 4.90 Å². The molecule has 3 atom stereocenters. The fraction of sp³-hybridized carbons (Fsp3) is 1.00. The fourth-order valence-electron chi connectivity index (χ4n) is 3.00. The predicted molar refractivity (Wildman–Crippen MR) is 51.0 cm³/mol. The summed E-state index contributed by atoms with van der Waals surface area (Å²) in [6, 6.07) is 2.37. The van der Waals surface area contributed by atoms with Crippen molar-refractivity contribution in [2.75, 3.05) is 6.54 Å². The monoisotopic (exact) mass is 168 g/mol. The molecule has 2 N–H and O–H groups in total. The molecule has 0 spiro atoms. The fourth-order valence-corrected chi connectivity index (χ4v) is 3.00. The summed E-state index contributed by atoms with van der Waals surface area (Å²) < 4.78 is 0. The van der Waals surface area contributed by atoms with Crippen LogP contribution in [0.2, 0.25) is 0 Å². The first-order valence-electron chi connectivity index (χ1n) is 5.30. The van der Waals surface area contributed by atoms with Crippen molar-refractivity contribution in [3.05, 3.63) is 0 Å². The highest BCUT2D eigenvalue weighted by Gasteiger charge is 2.38. The molecule has 2 saturated heterocycles. The van der Waals surface area contributed by atoms with Crippen LogP contribution in [-0.4, -0.2) is 29.6 Å². The molecule has 0 aromatic heterocycles. The lowest BCUT2D eigenvalue weighted by molar-refractivity contribution is 0.0990. The lowest BCUT2D eigenvalue weighted by atomic mass is 10.0. The maximum absolute atomic E-state index is 5.71. The Morgan fingerprint density at radius 2 is 1.83 bits per heavy atom. The number of piperidine rings is 1. The largest absolute Gasteiger partial charge is 0.329 e. The van der Waals surface area contributed by atoms with Crippen molar-refractivity contribution in [2.24, 2.45) is 5.73 Å². The minimum absolute atomic E-state index is 0.614. The highest BCUT2D eigenvalue weighted by atomic mass is 15.2. The Morgan fingerprint density at radius 1 is 1.25 bits per heavy atom. The molecule has 0 aromatic rings. The molecule has 2 nitrogen and oxygen atoms in total. The van der Waals surface area contributed by atoms with E-state index >= 15 is 0 Å². The Morgan fingerprint density at radius 3 is 2.33 bits per heavy atom. The van der Waals surface area contributed by atoms with Crippen LogP contribution in [0.4, 0.5) is 0 Å². The van der Waals surface area contributed by atoms with Gasteiger partial charge in [0.25, 0.3) is 0 Å². The summed E-state index contributed by atoms with van der Waals surface area (Å²) in [5, 5.41) is 0. The van der Waals surface area contributed by atoms with Gasteiger partial charge in [0.2, 0.25) is 0 Å². The van der Waals surface area contributed by atoms with Gasteiger partial charge in [0, 0.05) is 24.7 Å². The van der Waals surface area contributed by atoms with Crippen molar-refractivity contribution < 1.29 is 0 Å². The van der Waals surface area contributed by atoms with Crippen LogP contribution in [0.5, 0.6) is 0 Å². The molecule has 2 aliphatic heterocycles. The van der Waals surface area contributed by atoms with Gasteiger partial charge in [-0.15, -0.1) is 0 Å². The Bertz CT molecular complexity index is 142. The predicted octanol–water partition coefficient (Wildman–Crippen LogP) is 1.35. The van der Waals surface area contributed by atoms with Gasteiger partial charge in [0.1, 0.15) is 0 Å². The molecule has 2 heteroatoms. The number of hydrogen-bond donors (Lipinski definition) is 1. The topological polar surface area (TPSA) is 29.3 Å². The SMILES string of the molecule is CC(CN)N1C2CCCC1CC2. The van der Waals surface area contributed by atoms with Gasteiger partial charge in [-0.3, -0.25) is 4.90 Å². The molecule has 2 heterocycles. The number of nitrogens with zero attached hydrogens (tertiary/aromatic N) is 1. The number of fused-ring (bicyclic) bond motifs is 2. The molecule has 70 valence electrons. The van der Waals surface area contributed by atoms with Gasteiger partial charge >= 0.3 is 0 Å². The van der Waals surface area contributed by atoms with Crippen molar-refractivity contribution in [1.29, 1.82) is 0 Å². The van der Waals surface area contributed by atoms with Crippen LogP contribution in [-0.2, 0) is 0 Å². The van der Waals surface area contributed by atoms with Gasteiger partial charge in [-0.2, -0.15) is 0 Å². The highest BCUT2D eigenvalue weighted by molar-refractivity contribution is 4.94. The van der Waals surface area contributed by atoms with Crippen molar-refractivity contribution in [3.8, 4) is 0 Å². The standard InChI is InChI=1S/C10H20N2/c1-8(7-11)12-9-3-2-4-10(12)6-5-9/h8-10H,2-7,11H2,1H3. The van der Waals surface area contributed by atoms with Crippen molar-refractivity contribution in [3.63, 3.8) is 0 Å². The highest BCUT2D eigenvalue weighted by Crippen LogP contribution is 2.36. The molecule has 0 saturated carbocycles. The van der Waals surface area contributed by atoms with E-state index in [0.29, 0.717) is 6.04 Å². The molecular formula is C10H20N2. The van der Waals surface area contributed by atoms with Crippen LogP contribution < -0.4 is 5.73 Å². The van der Waals surface area contributed by atoms with E-state index in [-0.39, 0.29) is 0 Å². The molecule has 2 bridgehead atoms. The second-order valence-corrected chi connectivity index (χ2v) is 4.35. The van der Waals surface area contributed by atoms with Gasteiger partial charge in [0.05, 0.1) is 0 Å². The zero-order chi connectivity index (χ0) is 8.55. The Hall–Kier alpha value is -0.0800. The van der Waals surface area contributed by atoms with Crippen LogP contribution in [0.3, 0.4) is 0 Å². The van der Waals surface area contributed by atoms with Crippen molar-refractivity contribution >= 4 is 0 Å². The molecule has 0 amide bonds. The molecule has 3 unspecified atom stereocenters. The number of nitrogens with two attached hydrogens (primary N) is 1. The smallest absolute Gasteiger partial charge is 0.0195 e. The second-order valence-electron chi connectivity index (χ2n) is 4.35. The van der Waals surface area contributed by atoms with E-state index < -0.39 is 0 Å². The van der Waals surface area contributed by atoms with E-state index in [1.54, 1.807) is 0 Å². The van der Waals surface area contributed by atoms with Crippen LogP contribution in [0, 0.1) is 0 Å².